The summed E-state index contributed by atoms with van der Waals surface area (Å²) in [5.41, 5.74) is 6.42. The van der Waals surface area contributed by atoms with Crippen LogP contribution in [-0.2, 0) is 17.6 Å². The van der Waals surface area contributed by atoms with Gasteiger partial charge in [0.2, 0.25) is 5.91 Å². The summed E-state index contributed by atoms with van der Waals surface area (Å²) in [6.45, 7) is 7.00. The van der Waals surface area contributed by atoms with Crippen molar-refractivity contribution in [2.75, 3.05) is 6.54 Å². The van der Waals surface area contributed by atoms with E-state index >= 15 is 0 Å². The van der Waals surface area contributed by atoms with Crippen molar-refractivity contribution < 1.29 is 14.4 Å². The number of carbonyl (C=O) groups excluding carboxylic acids is 3. The molecule has 3 amide bonds. The molecule has 2 aromatic rings. The third kappa shape index (κ3) is 5.67. The summed E-state index contributed by atoms with van der Waals surface area (Å²) >= 11 is 2.85. The van der Waals surface area contributed by atoms with E-state index in [-0.39, 0.29) is 36.1 Å². The van der Waals surface area contributed by atoms with Gasteiger partial charge in [0, 0.05) is 17.8 Å². The molecule has 0 aromatic carbocycles. The maximum Gasteiger partial charge on any atom is 0.279 e. The molecule has 0 spiro atoms. The van der Waals surface area contributed by atoms with Crippen LogP contribution in [0.15, 0.2) is 23.6 Å². The van der Waals surface area contributed by atoms with Gasteiger partial charge in [-0.15, -0.1) is 22.7 Å². The fourth-order valence-corrected chi connectivity index (χ4v) is 5.15. The number of hydrogen-bond donors (Lipinski definition) is 3. The number of thiophene rings is 2. The highest BCUT2D eigenvalue weighted by atomic mass is 32.1. The average Bonchev–Trinajstić information content (AvgIpc) is 3.34. The lowest BCUT2D eigenvalue weighted by Gasteiger charge is -2.33. The molecular formula is C21H27N3O3S2. The van der Waals surface area contributed by atoms with E-state index in [0.717, 1.165) is 19.3 Å². The summed E-state index contributed by atoms with van der Waals surface area (Å²) in [4.78, 5) is 38.6. The minimum absolute atomic E-state index is 0.0889. The second-order valence-corrected chi connectivity index (χ2v) is 10.4. The fraction of sp³-hybridized carbons (Fsp3) is 0.476. The van der Waals surface area contributed by atoms with E-state index in [4.69, 9.17) is 0 Å². The molecule has 29 heavy (non-hydrogen) atoms. The standard InChI is InChI=1S/C21H27N3O3S2/c1-21(2,3)14-6-7-15-13(11-14)12-17(29-15)20(27)24-23-18(25)8-9-22-19(26)16-5-4-10-28-16/h4-5,10,12,14H,6-9,11H2,1-3H3,(H,22,26)(H,23,25)(H,24,27). The number of nitrogens with one attached hydrogen (secondary N) is 3. The van der Waals surface area contributed by atoms with Crippen LogP contribution in [-0.4, -0.2) is 24.3 Å². The quantitative estimate of drug-likeness (QED) is 0.630. The summed E-state index contributed by atoms with van der Waals surface area (Å²) in [6.07, 6.45) is 3.24. The summed E-state index contributed by atoms with van der Waals surface area (Å²) in [7, 11) is 0. The first-order valence-corrected chi connectivity index (χ1v) is 11.5. The van der Waals surface area contributed by atoms with Gasteiger partial charge in [-0.3, -0.25) is 25.2 Å². The van der Waals surface area contributed by atoms with Crippen molar-refractivity contribution >= 4 is 40.4 Å². The number of carbonyl (C=O) groups is 3. The van der Waals surface area contributed by atoms with Crippen LogP contribution in [0, 0.1) is 11.3 Å². The Morgan fingerprint density at radius 2 is 1.93 bits per heavy atom. The number of fused-ring (bicyclic) bond motifs is 1. The van der Waals surface area contributed by atoms with E-state index in [0.29, 0.717) is 15.7 Å². The van der Waals surface area contributed by atoms with Gasteiger partial charge in [-0.05, 0) is 53.7 Å². The number of amides is 3. The molecule has 0 bridgehead atoms. The van der Waals surface area contributed by atoms with E-state index in [1.54, 1.807) is 12.1 Å². The largest absolute Gasteiger partial charge is 0.351 e. The van der Waals surface area contributed by atoms with Crippen molar-refractivity contribution in [3.8, 4) is 0 Å². The van der Waals surface area contributed by atoms with E-state index in [2.05, 4.69) is 36.9 Å². The lowest BCUT2D eigenvalue weighted by atomic mass is 9.72. The lowest BCUT2D eigenvalue weighted by molar-refractivity contribution is -0.121. The minimum Gasteiger partial charge on any atom is -0.351 e. The van der Waals surface area contributed by atoms with Gasteiger partial charge in [-0.25, -0.2) is 0 Å². The fourth-order valence-electron chi connectivity index (χ4n) is 3.41. The Labute approximate surface area is 179 Å². The summed E-state index contributed by atoms with van der Waals surface area (Å²) in [5.74, 6) is -0.231. The molecule has 6 nitrogen and oxygen atoms in total. The smallest absolute Gasteiger partial charge is 0.279 e. The van der Waals surface area contributed by atoms with E-state index < -0.39 is 0 Å². The summed E-state index contributed by atoms with van der Waals surface area (Å²) in [5, 5.41) is 4.51. The number of hydrogen-bond acceptors (Lipinski definition) is 5. The van der Waals surface area contributed by atoms with Crippen LogP contribution >= 0.6 is 22.7 Å². The van der Waals surface area contributed by atoms with Gasteiger partial charge in [-0.2, -0.15) is 0 Å². The van der Waals surface area contributed by atoms with Crippen LogP contribution < -0.4 is 16.2 Å². The van der Waals surface area contributed by atoms with Crippen LogP contribution in [0.3, 0.4) is 0 Å². The average molecular weight is 434 g/mol. The molecule has 8 heteroatoms. The van der Waals surface area contributed by atoms with Crippen molar-refractivity contribution in [2.24, 2.45) is 11.3 Å². The summed E-state index contributed by atoms with van der Waals surface area (Å²) < 4.78 is 0. The van der Waals surface area contributed by atoms with Crippen molar-refractivity contribution in [2.45, 2.75) is 46.5 Å². The highest BCUT2D eigenvalue weighted by Gasteiger charge is 2.30. The third-order valence-corrected chi connectivity index (χ3v) is 7.33. The Morgan fingerprint density at radius 1 is 1.14 bits per heavy atom. The van der Waals surface area contributed by atoms with Crippen LogP contribution in [0.25, 0.3) is 0 Å². The minimum atomic E-state index is -0.348. The van der Waals surface area contributed by atoms with Gasteiger partial charge < -0.3 is 5.32 Å². The second kappa shape index (κ2) is 9.09. The zero-order valence-corrected chi connectivity index (χ0v) is 18.6. The molecule has 0 fully saturated rings. The van der Waals surface area contributed by atoms with Crippen LogP contribution in [0.1, 0.15) is 63.4 Å². The van der Waals surface area contributed by atoms with Crippen molar-refractivity contribution in [1.29, 1.82) is 0 Å². The topological polar surface area (TPSA) is 87.3 Å². The normalized spacial score (nSPS) is 16.0. The lowest BCUT2D eigenvalue weighted by Crippen LogP contribution is -2.42. The van der Waals surface area contributed by atoms with Gasteiger partial charge in [0.05, 0.1) is 9.75 Å². The molecule has 0 radical (unpaired) electrons. The van der Waals surface area contributed by atoms with Gasteiger partial charge in [0.25, 0.3) is 11.8 Å². The predicted molar refractivity (Wildman–Crippen MR) is 116 cm³/mol. The number of aryl methyl sites for hydroxylation is 1. The molecule has 1 aliphatic carbocycles. The molecule has 1 atom stereocenters. The summed E-state index contributed by atoms with van der Waals surface area (Å²) in [6, 6.07) is 5.48. The predicted octanol–water partition coefficient (Wildman–Crippen LogP) is 3.54. The molecule has 1 aliphatic rings. The first-order chi connectivity index (χ1) is 13.7. The molecule has 2 heterocycles. The SMILES string of the molecule is CC(C)(C)C1CCc2sc(C(=O)NNC(=O)CCNC(=O)c3cccs3)cc2C1. The third-order valence-electron chi connectivity index (χ3n) is 5.23. The van der Waals surface area contributed by atoms with Crippen LogP contribution in [0.4, 0.5) is 0 Å². The van der Waals surface area contributed by atoms with Crippen molar-refractivity contribution in [3.63, 3.8) is 0 Å². The Bertz CT molecular complexity index is 882. The monoisotopic (exact) mass is 433 g/mol. The van der Waals surface area contributed by atoms with Gasteiger partial charge >= 0.3 is 0 Å². The van der Waals surface area contributed by atoms with E-state index in [1.807, 2.05) is 11.4 Å². The molecule has 2 aromatic heterocycles. The van der Waals surface area contributed by atoms with Gasteiger partial charge in [-0.1, -0.05) is 26.8 Å². The van der Waals surface area contributed by atoms with Gasteiger partial charge in [0.15, 0.2) is 0 Å². The molecule has 3 N–H and O–H groups in total. The Morgan fingerprint density at radius 3 is 2.62 bits per heavy atom. The Balaban J connectivity index is 1.43. The second-order valence-electron chi connectivity index (χ2n) is 8.35. The van der Waals surface area contributed by atoms with Gasteiger partial charge in [0.1, 0.15) is 0 Å². The van der Waals surface area contributed by atoms with Crippen LogP contribution in [0.5, 0.6) is 0 Å². The zero-order valence-electron chi connectivity index (χ0n) is 17.0. The number of hydrazine groups is 1. The Hall–Kier alpha value is -2.19. The first-order valence-electron chi connectivity index (χ1n) is 9.76. The first kappa shape index (κ1) is 21.5. The van der Waals surface area contributed by atoms with Crippen molar-refractivity contribution in [3.05, 3.63) is 43.8 Å². The highest BCUT2D eigenvalue weighted by Crippen LogP contribution is 2.40. The van der Waals surface area contributed by atoms with Crippen molar-refractivity contribution in [1.82, 2.24) is 16.2 Å². The molecular weight excluding hydrogens is 406 g/mol. The van der Waals surface area contributed by atoms with E-state index in [9.17, 15) is 14.4 Å². The molecule has 0 saturated heterocycles. The molecule has 0 saturated carbocycles. The zero-order chi connectivity index (χ0) is 21.0. The number of rotatable bonds is 5. The van der Waals surface area contributed by atoms with E-state index in [1.165, 1.54) is 33.1 Å². The molecule has 156 valence electrons. The maximum atomic E-state index is 12.4. The maximum absolute atomic E-state index is 12.4. The highest BCUT2D eigenvalue weighted by molar-refractivity contribution is 7.14. The Kier molecular flexibility index (Phi) is 6.74. The van der Waals surface area contributed by atoms with Crippen LogP contribution in [0.2, 0.25) is 0 Å². The molecule has 3 rings (SSSR count). The molecule has 1 unspecified atom stereocenters. The molecule has 0 aliphatic heterocycles.